The van der Waals surface area contributed by atoms with E-state index in [1.807, 2.05) is 32.0 Å². The molecule has 0 unspecified atom stereocenters. The highest BCUT2D eigenvalue weighted by atomic mass is 32.2. The summed E-state index contributed by atoms with van der Waals surface area (Å²) in [7, 11) is 0. The lowest BCUT2D eigenvalue weighted by Gasteiger charge is -2.16. The average molecular weight is 342 g/mol. The molecule has 0 spiro atoms. The van der Waals surface area contributed by atoms with Crippen LogP contribution >= 0.6 is 11.8 Å². The van der Waals surface area contributed by atoms with Gasteiger partial charge >= 0.3 is 0 Å². The van der Waals surface area contributed by atoms with E-state index in [2.05, 4.69) is 26.3 Å². The fraction of sp³-hybridized carbons (Fsp3) is 0.389. The van der Waals surface area contributed by atoms with Crippen LogP contribution in [0.2, 0.25) is 0 Å². The molecule has 5 nitrogen and oxygen atoms in total. The lowest BCUT2D eigenvalue weighted by molar-refractivity contribution is -0.113. The zero-order valence-corrected chi connectivity index (χ0v) is 14.9. The minimum absolute atomic E-state index is 0.0201. The van der Waals surface area contributed by atoms with E-state index in [4.69, 9.17) is 0 Å². The second kappa shape index (κ2) is 7.66. The number of hydrogen-bond donors (Lipinski definition) is 1. The Morgan fingerprint density at radius 2 is 2.00 bits per heavy atom. The number of aromatic nitrogens is 2. The molecule has 1 N–H and O–H groups in total. The highest BCUT2D eigenvalue weighted by Crippen LogP contribution is 2.23. The molecule has 0 radical (unpaired) electrons. The standard InChI is InChI=1S/C18H22N4OS/c1-13-5-6-15(14(2)9-13)21-17(23)11-24-18-10-16(19-12-20-18)22-7-3-4-8-22/h5-6,9-10,12H,3-4,7-8,11H2,1-2H3,(H,21,23). The van der Waals surface area contributed by atoms with E-state index >= 15 is 0 Å². The van der Waals surface area contributed by atoms with Gasteiger partial charge in [-0.3, -0.25) is 4.79 Å². The van der Waals surface area contributed by atoms with Crippen LogP contribution in [-0.2, 0) is 4.79 Å². The van der Waals surface area contributed by atoms with Gasteiger partial charge in [0, 0.05) is 24.8 Å². The van der Waals surface area contributed by atoms with Gasteiger partial charge in [0.2, 0.25) is 5.91 Å². The van der Waals surface area contributed by atoms with Crippen LogP contribution < -0.4 is 10.2 Å². The third kappa shape index (κ3) is 4.26. The average Bonchev–Trinajstić information content (AvgIpc) is 3.10. The van der Waals surface area contributed by atoms with Crippen molar-refractivity contribution in [3.05, 3.63) is 41.7 Å². The number of thioether (sulfide) groups is 1. The summed E-state index contributed by atoms with van der Waals surface area (Å²) in [5.74, 6) is 1.28. The number of anilines is 2. The topological polar surface area (TPSA) is 58.1 Å². The van der Waals surface area contributed by atoms with Crippen LogP contribution in [0.15, 0.2) is 35.6 Å². The maximum atomic E-state index is 12.2. The van der Waals surface area contributed by atoms with E-state index in [0.717, 1.165) is 35.2 Å². The second-order valence-corrected chi connectivity index (χ2v) is 7.06. The van der Waals surface area contributed by atoms with Crippen molar-refractivity contribution in [3.63, 3.8) is 0 Å². The first-order valence-electron chi connectivity index (χ1n) is 8.19. The molecule has 6 heteroatoms. The maximum Gasteiger partial charge on any atom is 0.234 e. The number of benzene rings is 1. The number of nitrogens with zero attached hydrogens (tertiary/aromatic N) is 3. The Labute approximate surface area is 146 Å². The maximum absolute atomic E-state index is 12.2. The van der Waals surface area contributed by atoms with E-state index in [-0.39, 0.29) is 5.91 Å². The van der Waals surface area contributed by atoms with Gasteiger partial charge in [0.1, 0.15) is 17.2 Å². The van der Waals surface area contributed by atoms with Crippen LogP contribution in [0.1, 0.15) is 24.0 Å². The molecule has 1 saturated heterocycles. The summed E-state index contributed by atoms with van der Waals surface area (Å²) >= 11 is 1.44. The first-order valence-corrected chi connectivity index (χ1v) is 9.17. The van der Waals surface area contributed by atoms with Crippen molar-refractivity contribution in [2.45, 2.75) is 31.7 Å². The molecule has 0 atom stereocenters. The van der Waals surface area contributed by atoms with E-state index in [0.29, 0.717) is 5.75 Å². The molecule has 1 fully saturated rings. The number of carbonyl (C=O) groups is 1. The molecular formula is C18H22N4OS. The van der Waals surface area contributed by atoms with Gasteiger partial charge in [0.25, 0.3) is 0 Å². The fourth-order valence-electron chi connectivity index (χ4n) is 2.81. The molecule has 0 bridgehead atoms. The first kappa shape index (κ1) is 16.8. The number of rotatable bonds is 5. The van der Waals surface area contributed by atoms with Crippen molar-refractivity contribution in [1.82, 2.24) is 9.97 Å². The predicted molar refractivity (Wildman–Crippen MR) is 98.7 cm³/mol. The summed E-state index contributed by atoms with van der Waals surface area (Å²) < 4.78 is 0. The normalized spacial score (nSPS) is 14.0. The molecule has 0 aliphatic carbocycles. The summed E-state index contributed by atoms with van der Waals surface area (Å²) in [6.07, 6.45) is 4.01. The molecule has 1 aliphatic rings. The summed E-state index contributed by atoms with van der Waals surface area (Å²) in [5, 5.41) is 3.80. The number of aryl methyl sites for hydroxylation is 2. The molecule has 1 aromatic carbocycles. The van der Waals surface area contributed by atoms with Crippen molar-refractivity contribution in [1.29, 1.82) is 0 Å². The van der Waals surface area contributed by atoms with Crippen molar-refractivity contribution in [2.24, 2.45) is 0 Å². The largest absolute Gasteiger partial charge is 0.356 e. The van der Waals surface area contributed by atoms with Crippen LogP contribution in [0, 0.1) is 13.8 Å². The van der Waals surface area contributed by atoms with Gasteiger partial charge in [-0.05, 0) is 38.3 Å². The van der Waals surface area contributed by atoms with Gasteiger partial charge < -0.3 is 10.2 Å². The van der Waals surface area contributed by atoms with Gasteiger partial charge in [-0.25, -0.2) is 9.97 Å². The van der Waals surface area contributed by atoms with Crippen LogP contribution in [0.25, 0.3) is 0 Å². The van der Waals surface area contributed by atoms with Gasteiger partial charge in [-0.2, -0.15) is 0 Å². The molecule has 1 aromatic heterocycles. The summed E-state index contributed by atoms with van der Waals surface area (Å²) in [6, 6.07) is 7.99. The lowest BCUT2D eigenvalue weighted by Crippen LogP contribution is -2.19. The van der Waals surface area contributed by atoms with Gasteiger partial charge in [0.05, 0.1) is 5.75 Å². The molecule has 1 amide bonds. The Morgan fingerprint density at radius 1 is 1.21 bits per heavy atom. The SMILES string of the molecule is Cc1ccc(NC(=O)CSc2cc(N3CCCC3)ncn2)c(C)c1. The van der Waals surface area contributed by atoms with Gasteiger partial charge in [-0.15, -0.1) is 0 Å². The summed E-state index contributed by atoms with van der Waals surface area (Å²) in [5.41, 5.74) is 3.13. The Morgan fingerprint density at radius 3 is 2.75 bits per heavy atom. The van der Waals surface area contributed by atoms with Crippen LogP contribution in [0.5, 0.6) is 0 Å². The van der Waals surface area contributed by atoms with Crippen LogP contribution in [0.3, 0.4) is 0 Å². The van der Waals surface area contributed by atoms with Crippen LogP contribution in [0.4, 0.5) is 11.5 Å². The molecule has 2 aromatic rings. The minimum atomic E-state index is -0.0201. The molecule has 3 rings (SSSR count). The lowest BCUT2D eigenvalue weighted by atomic mass is 10.1. The van der Waals surface area contributed by atoms with Crippen molar-refractivity contribution in [3.8, 4) is 0 Å². The quantitative estimate of drug-likeness (QED) is 0.666. The zero-order valence-electron chi connectivity index (χ0n) is 14.1. The van der Waals surface area contributed by atoms with E-state index < -0.39 is 0 Å². The Hall–Kier alpha value is -2.08. The molecule has 1 aliphatic heterocycles. The Balaban J connectivity index is 1.57. The molecule has 0 saturated carbocycles. The molecule has 2 heterocycles. The second-order valence-electron chi connectivity index (χ2n) is 6.06. The molecule has 24 heavy (non-hydrogen) atoms. The third-order valence-corrected chi connectivity index (χ3v) is 4.99. The highest BCUT2D eigenvalue weighted by molar-refractivity contribution is 7.99. The number of nitrogens with one attached hydrogen (secondary N) is 1. The number of amides is 1. The van der Waals surface area contributed by atoms with Gasteiger partial charge in [0.15, 0.2) is 0 Å². The first-order chi connectivity index (χ1) is 11.6. The highest BCUT2D eigenvalue weighted by Gasteiger charge is 2.14. The predicted octanol–water partition coefficient (Wildman–Crippen LogP) is 3.42. The van der Waals surface area contributed by atoms with Crippen molar-refractivity contribution < 1.29 is 4.79 Å². The van der Waals surface area contributed by atoms with E-state index in [1.165, 1.54) is 30.2 Å². The van der Waals surface area contributed by atoms with Gasteiger partial charge in [-0.1, -0.05) is 29.5 Å². The smallest absolute Gasteiger partial charge is 0.234 e. The Kier molecular flexibility index (Phi) is 5.35. The molecular weight excluding hydrogens is 320 g/mol. The third-order valence-electron chi connectivity index (χ3n) is 4.06. The van der Waals surface area contributed by atoms with Crippen molar-refractivity contribution in [2.75, 3.05) is 29.1 Å². The minimum Gasteiger partial charge on any atom is -0.356 e. The summed E-state index contributed by atoms with van der Waals surface area (Å²) in [6.45, 7) is 6.15. The summed E-state index contributed by atoms with van der Waals surface area (Å²) in [4.78, 5) is 23.0. The van der Waals surface area contributed by atoms with E-state index in [9.17, 15) is 4.79 Å². The van der Waals surface area contributed by atoms with Crippen LogP contribution in [-0.4, -0.2) is 34.7 Å². The Bertz CT molecular complexity index is 729. The zero-order chi connectivity index (χ0) is 16.9. The number of hydrogen-bond acceptors (Lipinski definition) is 5. The van der Waals surface area contributed by atoms with Crippen molar-refractivity contribution >= 4 is 29.2 Å². The fourth-order valence-corrected chi connectivity index (χ4v) is 3.47. The van der Waals surface area contributed by atoms with E-state index in [1.54, 1.807) is 6.33 Å². The monoisotopic (exact) mass is 342 g/mol. The number of carbonyl (C=O) groups excluding carboxylic acids is 1. The molecule has 126 valence electrons.